The lowest BCUT2D eigenvalue weighted by Gasteiger charge is -2.23. The number of benzene rings is 1. The van der Waals surface area contributed by atoms with Gasteiger partial charge in [-0.15, -0.1) is 0 Å². The Kier molecular flexibility index (Phi) is 8.60. The molecule has 0 saturated carbocycles. The van der Waals surface area contributed by atoms with Gasteiger partial charge in [-0.3, -0.25) is 19.2 Å². The fourth-order valence-electron chi connectivity index (χ4n) is 2.34. The Bertz CT molecular complexity index is 744. The highest BCUT2D eigenvalue weighted by atomic mass is 16.5. The summed E-state index contributed by atoms with van der Waals surface area (Å²) in [5.74, 6) is -4.88. The van der Waals surface area contributed by atoms with Crippen molar-refractivity contribution >= 4 is 35.4 Å². The largest absolute Gasteiger partial charge is 0.469 e. The molecular weight excluding hydrogens is 372 g/mol. The van der Waals surface area contributed by atoms with Crippen molar-refractivity contribution in [2.24, 2.45) is 5.92 Å². The Morgan fingerprint density at radius 3 is 1.93 bits per heavy atom. The smallest absolute Gasteiger partial charge is 0.329 e. The summed E-state index contributed by atoms with van der Waals surface area (Å²) in [5, 5.41) is 4.93. The second-order valence-electron chi connectivity index (χ2n) is 5.64. The van der Waals surface area contributed by atoms with Crippen LogP contribution in [0.1, 0.15) is 23.7 Å². The van der Waals surface area contributed by atoms with Crippen molar-refractivity contribution in [2.45, 2.75) is 19.4 Å². The van der Waals surface area contributed by atoms with E-state index in [9.17, 15) is 24.0 Å². The van der Waals surface area contributed by atoms with E-state index in [0.717, 1.165) is 21.3 Å². The van der Waals surface area contributed by atoms with Crippen molar-refractivity contribution < 1.29 is 38.2 Å². The van der Waals surface area contributed by atoms with Gasteiger partial charge in [0.2, 0.25) is 5.91 Å². The van der Waals surface area contributed by atoms with Crippen LogP contribution in [0.4, 0.5) is 5.69 Å². The van der Waals surface area contributed by atoms with E-state index < -0.39 is 42.2 Å². The van der Waals surface area contributed by atoms with Gasteiger partial charge in [0.05, 0.1) is 33.7 Å². The molecule has 0 aromatic heterocycles. The van der Waals surface area contributed by atoms with Crippen molar-refractivity contribution in [2.75, 3.05) is 26.6 Å². The van der Waals surface area contributed by atoms with Crippen molar-refractivity contribution in [3.63, 3.8) is 0 Å². The second kappa shape index (κ2) is 10.7. The summed E-state index contributed by atoms with van der Waals surface area (Å²) in [6.07, 6.45) is -0.495. The van der Waals surface area contributed by atoms with Gasteiger partial charge in [-0.2, -0.15) is 0 Å². The molecule has 0 aliphatic carbocycles. The zero-order chi connectivity index (χ0) is 21.3. The number of hydrogen-bond acceptors (Lipinski definition) is 8. The number of anilines is 1. The molecule has 2 N–H and O–H groups in total. The molecule has 0 radical (unpaired) electrons. The third kappa shape index (κ3) is 6.38. The highest BCUT2D eigenvalue weighted by Crippen LogP contribution is 2.16. The van der Waals surface area contributed by atoms with Gasteiger partial charge in [-0.25, -0.2) is 4.79 Å². The SMILES string of the molecule is COC(=O)C[C@H](C(=O)OC)[C@H](NC(=O)c1ccc(NC(C)=O)cc1)C(=O)OC. The van der Waals surface area contributed by atoms with Gasteiger partial charge >= 0.3 is 17.9 Å². The Labute approximate surface area is 161 Å². The van der Waals surface area contributed by atoms with Crippen LogP contribution in [-0.2, 0) is 33.4 Å². The van der Waals surface area contributed by atoms with Crippen LogP contribution >= 0.6 is 0 Å². The van der Waals surface area contributed by atoms with Gasteiger partial charge in [0.1, 0.15) is 6.04 Å². The van der Waals surface area contributed by atoms with Crippen LogP contribution < -0.4 is 10.6 Å². The maximum atomic E-state index is 12.5. The maximum absolute atomic E-state index is 12.5. The lowest BCUT2D eigenvalue weighted by atomic mass is 9.95. The van der Waals surface area contributed by atoms with E-state index in [4.69, 9.17) is 0 Å². The average molecular weight is 394 g/mol. The molecule has 0 saturated heterocycles. The predicted octanol–water partition coefficient (Wildman–Crippen LogP) is 0.269. The first kappa shape index (κ1) is 22.6. The highest BCUT2D eigenvalue weighted by molar-refractivity contribution is 5.99. The molecular formula is C18H22N2O8. The van der Waals surface area contributed by atoms with Crippen LogP contribution in [0.25, 0.3) is 0 Å². The molecule has 2 atom stereocenters. The Balaban J connectivity index is 3.07. The molecule has 1 aromatic carbocycles. The van der Waals surface area contributed by atoms with Crippen LogP contribution in [0.5, 0.6) is 0 Å². The van der Waals surface area contributed by atoms with Gasteiger partial charge in [0.15, 0.2) is 0 Å². The average Bonchev–Trinajstić information content (AvgIpc) is 2.68. The molecule has 0 heterocycles. The minimum Gasteiger partial charge on any atom is -0.469 e. The van der Waals surface area contributed by atoms with Crippen molar-refractivity contribution in [3.05, 3.63) is 29.8 Å². The molecule has 152 valence electrons. The molecule has 10 heteroatoms. The van der Waals surface area contributed by atoms with Crippen molar-refractivity contribution in [1.82, 2.24) is 5.32 Å². The van der Waals surface area contributed by atoms with Crippen LogP contribution in [0.3, 0.4) is 0 Å². The topological polar surface area (TPSA) is 137 Å². The van der Waals surface area contributed by atoms with Gasteiger partial charge in [0, 0.05) is 18.2 Å². The molecule has 10 nitrogen and oxygen atoms in total. The van der Waals surface area contributed by atoms with Gasteiger partial charge in [-0.05, 0) is 24.3 Å². The summed E-state index contributed by atoms with van der Waals surface area (Å²) in [5.41, 5.74) is 0.636. The summed E-state index contributed by atoms with van der Waals surface area (Å²) in [4.78, 5) is 59.4. The van der Waals surface area contributed by atoms with E-state index in [2.05, 4.69) is 24.8 Å². The van der Waals surface area contributed by atoms with Gasteiger partial charge in [0.25, 0.3) is 5.91 Å². The monoisotopic (exact) mass is 394 g/mol. The second-order valence-corrected chi connectivity index (χ2v) is 5.64. The number of ether oxygens (including phenoxy) is 3. The first-order valence-corrected chi connectivity index (χ1v) is 8.14. The zero-order valence-electron chi connectivity index (χ0n) is 15.9. The van der Waals surface area contributed by atoms with Crippen LogP contribution in [0.15, 0.2) is 24.3 Å². The molecule has 0 aliphatic rings. The zero-order valence-corrected chi connectivity index (χ0v) is 15.9. The lowest BCUT2D eigenvalue weighted by molar-refractivity contribution is -0.158. The third-order valence-corrected chi connectivity index (χ3v) is 3.73. The molecule has 0 fully saturated rings. The standard InChI is InChI=1S/C18H22N2O8/c1-10(21)19-12-7-5-11(6-8-12)16(23)20-15(18(25)28-4)13(17(24)27-3)9-14(22)26-2/h5-8,13,15H,9H2,1-4H3,(H,19,21)(H,20,23)/t13-,15-/m0/s1. The number of nitrogens with one attached hydrogen (secondary N) is 2. The Morgan fingerprint density at radius 1 is 0.893 bits per heavy atom. The fourth-order valence-corrected chi connectivity index (χ4v) is 2.34. The minimum absolute atomic E-state index is 0.157. The van der Waals surface area contributed by atoms with E-state index in [1.807, 2.05) is 0 Å². The van der Waals surface area contributed by atoms with E-state index >= 15 is 0 Å². The van der Waals surface area contributed by atoms with Crippen molar-refractivity contribution in [1.29, 1.82) is 0 Å². The van der Waals surface area contributed by atoms with Crippen LogP contribution in [0, 0.1) is 5.92 Å². The number of amides is 2. The van der Waals surface area contributed by atoms with Crippen LogP contribution in [0.2, 0.25) is 0 Å². The number of carbonyl (C=O) groups is 5. The normalized spacial score (nSPS) is 12.1. The van der Waals surface area contributed by atoms with E-state index in [1.54, 1.807) is 0 Å². The molecule has 28 heavy (non-hydrogen) atoms. The van der Waals surface area contributed by atoms with E-state index in [-0.39, 0.29) is 11.5 Å². The summed E-state index contributed by atoms with van der Waals surface area (Å²) >= 11 is 0. The van der Waals surface area contributed by atoms with Crippen LogP contribution in [-0.4, -0.2) is 57.1 Å². The minimum atomic E-state index is -1.47. The first-order chi connectivity index (χ1) is 13.2. The van der Waals surface area contributed by atoms with E-state index in [0.29, 0.717) is 5.69 Å². The molecule has 0 unspecified atom stereocenters. The predicted molar refractivity (Wildman–Crippen MR) is 96.2 cm³/mol. The number of carbonyl (C=O) groups excluding carboxylic acids is 5. The van der Waals surface area contributed by atoms with Gasteiger partial charge < -0.3 is 24.8 Å². The lowest BCUT2D eigenvalue weighted by Crippen LogP contribution is -2.50. The maximum Gasteiger partial charge on any atom is 0.329 e. The summed E-state index contributed by atoms with van der Waals surface area (Å²) < 4.78 is 13.8. The molecule has 0 bridgehead atoms. The number of rotatable bonds is 8. The number of esters is 3. The number of methoxy groups -OCH3 is 3. The molecule has 1 aromatic rings. The quantitative estimate of drug-likeness (QED) is 0.473. The highest BCUT2D eigenvalue weighted by Gasteiger charge is 2.38. The van der Waals surface area contributed by atoms with E-state index in [1.165, 1.54) is 31.2 Å². The fraction of sp³-hybridized carbons (Fsp3) is 0.389. The number of hydrogen-bond donors (Lipinski definition) is 2. The molecule has 0 spiro atoms. The molecule has 2 amide bonds. The Hall–Kier alpha value is -3.43. The summed E-state index contributed by atoms with van der Waals surface area (Å²) in [6, 6.07) is 4.36. The molecule has 0 aliphatic heterocycles. The summed E-state index contributed by atoms with van der Waals surface area (Å²) in [7, 11) is 3.29. The summed E-state index contributed by atoms with van der Waals surface area (Å²) in [6.45, 7) is 1.34. The Morgan fingerprint density at radius 2 is 1.46 bits per heavy atom. The third-order valence-electron chi connectivity index (χ3n) is 3.73. The van der Waals surface area contributed by atoms with Gasteiger partial charge in [-0.1, -0.05) is 0 Å². The van der Waals surface area contributed by atoms with Crippen molar-refractivity contribution in [3.8, 4) is 0 Å². The first-order valence-electron chi connectivity index (χ1n) is 8.14. The molecule has 1 rings (SSSR count).